The fraction of sp³-hybridized carbons (Fsp3) is 0.353. The maximum absolute atomic E-state index is 10.8. The minimum Gasteiger partial charge on any atom is -0.478 e. The van der Waals surface area contributed by atoms with Crippen molar-refractivity contribution in [3.63, 3.8) is 0 Å². The summed E-state index contributed by atoms with van der Waals surface area (Å²) in [5, 5.41) is 12.4. The summed E-state index contributed by atoms with van der Waals surface area (Å²) in [4.78, 5) is 10.8. The number of hydrogen-bond donors (Lipinski definition) is 2. The van der Waals surface area contributed by atoms with Crippen molar-refractivity contribution in [3.05, 3.63) is 59.5 Å². The van der Waals surface area contributed by atoms with E-state index in [4.69, 9.17) is 14.3 Å². The van der Waals surface area contributed by atoms with Crippen LogP contribution in [0.3, 0.4) is 0 Å². The number of benzene rings is 1. The minimum absolute atomic E-state index is 0.241. The van der Waals surface area contributed by atoms with Crippen molar-refractivity contribution < 1.29 is 19.1 Å². The van der Waals surface area contributed by atoms with E-state index in [1.807, 2.05) is 24.3 Å². The van der Waals surface area contributed by atoms with Gasteiger partial charge in [0.2, 0.25) is 0 Å². The molecule has 1 aromatic heterocycles. The average Bonchev–Trinajstić information content (AvgIpc) is 3.03. The van der Waals surface area contributed by atoms with E-state index in [1.165, 1.54) is 0 Å². The zero-order valence-electron chi connectivity index (χ0n) is 12.6. The highest BCUT2D eigenvalue weighted by Crippen LogP contribution is 2.09. The van der Waals surface area contributed by atoms with E-state index >= 15 is 0 Å². The Balaban J connectivity index is 1.90. The highest BCUT2D eigenvalue weighted by Gasteiger charge is 2.11. The average molecular weight is 303 g/mol. The van der Waals surface area contributed by atoms with Crippen molar-refractivity contribution in [2.75, 3.05) is 13.7 Å². The van der Waals surface area contributed by atoms with Gasteiger partial charge in [0.05, 0.1) is 11.8 Å². The van der Waals surface area contributed by atoms with Crippen molar-refractivity contribution >= 4 is 5.97 Å². The van der Waals surface area contributed by atoms with Crippen molar-refractivity contribution in [1.29, 1.82) is 0 Å². The molecule has 22 heavy (non-hydrogen) atoms. The van der Waals surface area contributed by atoms with Crippen LogP contribution in [0.15, 0.2) is 47.1 Å². The molecule has 0 fully saturated rings. The number of carboxylic acids is 1. The monoisotopic (exact) mass is 303 g/mol. The molecule has 5 nitrogen and oxygen atoms in total. The number of aromatic carboxylic acids is 1. The van der Waals surface area contributed by atoms with E-state index in [0.717, 1.165) is 24.2 Å². The molecule has 0 aliphatic rings. The molecule has 0 bridgehead atoms. The van der Waals surface area contributed by atoms with Crippen LogP contribution in [0.25, 0.3) is 0 Å². The van der Waals surface area contributed by atoms with E-state index in [9.17, 15) is 4.79 Å². The Hall–Kier alpha value is -2.11. The highest BCUT2D eigenvalue weighted by molar-refractivity contribution is 5.87. The number of methoxy groups -OCH3 is 1. The number of nitrogens with one attached hydrogen (secondary N) is 1. The first-order valence-corrected chi connectivity index (χ1v) is 7.26. The first-order chi connectivity index (χ1) is 10.7. The lowest BCUT2D eigenvalue weighted by Crippen LogP contribution is -2.31. The SMILES string of the molecule is COCCC(Cc1ccco1)NCc1ccc(C(=O)O)cc1. The van der Waals surface area contributed by atoms with Gasteiger partial charge in [-0.25, -0.2) is 4.79 Å². The predicted molar refractivity (Wildman–Crippen MR) is 82.9 cm³/mol. The number of carboxylic acid groups (broad SMARTS) is 1. The van der Waals surface area contributed by atoms with Crippen molar-refractivity contribution in [2.45, 2.75) is 25.4 Å². The molecule has 0 spiro atoms. The van der Waals surface area contributed by atoms with Crippen LogP contribution >= 0.6 is 0 Å². The van der Waals surface area contributed by atoms with Gasteiger partial charge in [-0.3, -0.25) is 0 Å². The van der Waals surface area contributed by atoms with Crippen LogP contribution < -0.4 is 5.32 Å². The zero-order chi connectivity index (χ0) is 15.8. The van der Waals surface area contributed by atoms with E-state index < -0.39 is 5.97 Å². The van der Waals surface area contributed by atoms with Gasteiger partial charge in [0.25, 0.3) is 0 Å². The van der Waals surface area contributed by atoms with Gasteiger partial charge in [-0.05, 0) is 36.2 Å². The molecule has 0 aliphatic carbocycles. The lowest BCUT2D eigenvalue weighted by atomic mass is 10.1. The molecule has 5 heteroatoms. The van der Waals surface area contributed by atoms with Gasteiger partial charge in [0.15, 0.2) is 0 Å². The molecule has 1 atom stereocenters. The van der Waals surface area contributed by atoms with Gasteiger partial charge in [-0.2, -0.15) is 0 Å². The second kappa shape index (κ2) is 8.36. The Morgan fingerprint density at radius 3 is 2.68 bits per heavy atom. The van der Waals surface area contributed by atoms with E-state index in [1.54, 1.807) is 25.5 Å². The van der Waals surface area contributed by atoms with Crippen molar-refractivity contribution in [2.24, 2.45) is 0 Å². The molecule has 118 valence electrons. The predicted octanol–water partition coefficient (Wildman–Crippen LogP) is 2.72. The molecule has 0 saturated carbocycles. The molecule has 0 amide bonds. The summed E-state index contributed by atoms with van der Waals surface area (Å²) in [7, 11) is 1.69. The lowest BCUT2D eigenvalue weighted by Gasteiger charge is -2.17. The van der Waals surface area contributed by atoms with Crippen LogP contribution in [0, 0.1) is 0 Å². The number of hydrogen-bond acceptors (Lipinski definition) is 4. The smallest absolute Gasteiger partial charge is 0.335 e. The molecule has 2 aromatic rings. The molecule has 2 rings (SSSR count). The minimum atomic E-state index is -0.907. The molecular weight excluding hydrogens is 282 g/mol. The third kappa shape index (κ3) is 5.02. The number of ether oxygens (including phenoxy) is 1. The Labute approximate surface area is 129 Å². The fourth-order valence-corrected chi connectivity index (χ4v) is 2.24. The van der Waals surface area contributed by atoms with Gasteiger partial charge in [-0.15, -0.1) is 0 Å². The van der Waals surface area contributed by atoms with E-state index in [-0.39, 0.29) is 6.04 Å². The van der Waals surface area contributed by atoms with Crippen LogP contribution in [0.2, 0.25) is 0 Å². The molecule has 2 N–H and O–H groups in total. The van der Waals surface area contributed by atoms with Crippen LogP contribution in [0.5, 0.6) is 0 Å². The van der Waals surface area contributed by atoms with Crippen molar-refractivity contribution in [1.82, 2.24) is 5.32 Å². The summed E-state index contributed by atoms with van der Waals surface area (Å²) in [5.41, 5.74) is 1.35. The summed E-state index contributed by atoms with van der Waals surface area (Å²) in [6, 6.07) is 11.0. The van der Waals surface area contributed by atoms with Crippen LogP contribution in [0.4, 0.5) is 0 Å². The normalized spacial score (nSPS) is 12.2. The second-order valence-corrected chi connectivity index (χ2v) is 5.14. The quantitative estimate of drug-likeness (QED) is 0.745. The summed E-state index contributed by atoms with van der Waals surface area (Å²) < 4.78 is 10.5. The zero-order valence-corrected chi connectivity index (χ0v) is 12.6. The standard InChI is InChI=1S/C17H21NO4/c1-21-10-8-15(11-16-3-2-9-22-16)18-12-13-4-6-14(7-5-13)17(19)20/h2-7,9,15,18H,8,10-12H2,1H3,(H,19,20). The molecule has 0 aliphatic heterocycles. The van der Waals surface area contributed by atoms with Crippen molar-refractivity contribution in [3.8, 4) is 0 Å². The molecular formula is C17H21NO4. The summed E-state index contributed by atoms with van der Waals surface area (Å²) >= 11 is 0. The first kappa shape index (κ1) is 16.3. The maximum Gasteiger partial charge on any atom is 0.335 e. The number of furan rings is 1. The molecule has 1 aromatic carbocycles. The summed E-state index contributed by atoms with van der Waals surface area (Å²) in [6.45, 7) is 1.35. The van der Waals surface area contributed by atoms with Gasteiger partial charge in [0, 0.05) is 32.7 Å². The van der Waals surface area contributed by atoms with Crippen LogP contribution in [-0.2, 0) is 17.7 Å². The van der Waals surface area contributed by atoms with E-state index in [0.29, 0.717) is 18.7 Å². The van der Waals surface area contributed by atoms with Gasteiger partial charge >= 0.3 is 5.97 Å². The highest BCUT2D eigenvalue weighted by atomic mass is 16.5. The molecule has 1 unspecified atom stereocenters. The maximum atomic E-state index is 10.8. The van der Waals surface area contributed by atoms with Gasteiger partial charge < -0.3 is 19.6 Å². The Morgan fingerprint density at radius 1 is 1.32 bits per heavy atom. The largest absolute Gasteiger partial charge is 0.478 e. The molecule has 0 saturated heterocycles. The topological polar surface area (TPSA) is 71.7 Å². The van der Waals surface area contributed by atoms with E-state index in [2.05, 4.69) is 5.32 Å². The van der Waals surface area contributed by atoms with Gasteiger partial charge in [0.1, 0.15) is 5.76 Å². The van der Waals surface area contributed by atoms with Crippen LogP contribution in [0.1, 0.15) is 28.1 Å². The summed E-state index contributed by atoms with van der Waals surface area (Å²) in [5.74, 6) is 0.0325. The number of carbonyl (C=O) groups is 1. The summed E-state index contributed by atoms with van der Waals surface area (Å²) in [6.07, 6.45) is 3.35. The molecule has 0 radical (unpaired) electrons. The first-order valence-electron chi connectivity index (χ1n) is 7.26. The Bertz CT molecular complexity index is 563. The Morgan fingerprint density at radius 2 is 2.09 bits per heavy atom. The fourth-order valence-electron chi connectivity index (χ4n) is 2.24. The number of rotatable bonds is 9. The van der Waals surface area contributed by atoms with Gasteiger partial charge in [-0.1, -0.05) is 12.1 Å². The van der Waals surface area contributed by atoms with Crippen LogP contribution in [-0.4, -0.2) is 30.8 Å². The lowest BCUT2D eigenvalue weighted by molar-refractivity contribution is 0.0697. The third-order valence-corrected chi connectivity index (χ3v) is 3.49. The Kier molecular flexibility index (Phi) is 6.18. The second-order valence-electron chi connectivity index (χ2n) is 5.14. The molecule has 1 heterocycles. The third-order valence-electron chi connectivity index (χ3n) is 3.49.